The second-order valence-electron chi connectivity index (χ2n) is 9.88. The van der Waals surface area contributed by atoms with Crippen LogP contribution in [-0.2, 0) is 18.8 Å². The first kappa shape index (κ1) is 25.0. The number of esters is 1. The van der Waals surface area contributed by atoms with Crippen LogP contribution in [0, 0.1) is 11.3 Å². The molecule has 1 aliphatic heterocycles. The first-order chi connectivity index (χ1) is 12.8. The van der Waals surface area contributed by atoms with Crippen LogP contribution in [0.1, 0.15) is 87.5 Å². The fourth-order valence-corrected chi connectivity index (χ4v) is 3.00. The SMILES string of the molecule is C=CC(CCC)C/C(=C\CCCOC(=O)C(C)(C)C)B1OC(C)(C)C(C)(C)O1. The molecule has 0 amide bonds. The summed E-state index contributed by atoms with van der Waals surface area (Å²) in [5, 5.41) is 0. The minimum absolute atomic E-state index is 0.155. The molecular weight excluding hydrogens is 351 g/mol. The number of carbonyl (C=O) groups excluding carboxylic acids is 1. The fourth-order valence-electron chi connectivity index (χ4n) is 3.00. The lowest BCUT2D eigenvalue weighted by Gasteiger charge is -2.32. The number of ether oxygens (including phenoxy) is 1. The molecule has 1 aliphatic rings. The molecule has 1 fully saturated rings. The summed E-state index contributed by atoms with van der Waals surface area (Å²) in [7, 11) is -0.332. The molecule has 160 valence electrons. The van der Waals surface area contributed by atoms with Crippen molar-refractivity contribution in [3.05, 3.63) is 24.2 Å². The lowest BCUT2D eigenvalue weighted by molar-refractivity contribution is -0.153. The van der Waals surface area contributed by atoms with Gasteiger partial charge in [-0.2, -0.15) is 0 Å². The van der Waals surface area contributed by atoms with Gasteiger partial charge in [0, 0.05) is 0 Å². The van der Waals surface area contributed by atoms with Crippen molar-refractivity contribution in [2.45, 2.75) is 98.7 Å². The van der Waals surface area contributed by atoms with E-state index >= 15 is 0 Å². The Kier molecular flexibility index (Phi) is 9.02. The van der Waals surface area contributed by atoms with Crippen molar-refractivity contribution in [3.63, 3.8) is 0 Å². The van der Waals surface area contributed by atoms with Gasteiger partial charge in [0.05, 0.1) is 23.2 Å². The molecule has 28 heavy (non-hydrogen) atoms. The van der Waals surface area contributed by atoms with E-state index in [9.17, 15) is 4.79 Å². The van der Waals surface area contributed by atoms with Gasteiger partial charge in [0.2, 0.25) is 0 Å². The minimum Gasteiger partial charge on any atom is -0.465 e. The van der Waals surface area contributed by atoms with Crippen molar-refractivity contribution in [3.8, 4) is 0 Å². The molecule has 1 saturated heterocycles. The summed E-state index contributed by atoms with van der Waals surface area (Å²) < 4.78 is 17.9. The van der Waals surface area contributed by atoms with Crippen LogP contribution < -0.4 is 0 Å². The van der Waals surface area contributed by atoms with Crippen molar-refractivity contribution in [1.29, 1.82) is 0 Å². The quantitative estimate of drug-likeness (QED) is 0.201. The molecule has 1 unspecified atom stereocenters. The van der Waals surface area contributed by atoms with Crippen LogP contribution in [0.5, 0.6) is 0 Å². The summed E-state index contributed by atoms with van der Waals surface area (Å²) in [5.74, 6) is 0.256. The first-order valence-electron chi connectivity index (χ1n) is 10.7. The molecule has 1 rings (SSSR count). The van der Waals surface area contributed by atoms with E-state index < -0.39 is 5.41 Å². The Balaban J connectivity index is 2.77. The lowest BCUT2D eigenvalue weighted by atomic mass is 9.72. The zero-order valence-electron chi connectivity index (χ0n) is 19.4. The zero-order chi connectivity index (χ0) is 21.6. The van der Waals surface area contributed by atoms with Gasteiger partial charge < -0.3 is 14.0 Å². The van der Waals surface area contributed by atoms with Crippen molar-refractivity contribution in [2.75, 3.05) is 6.61 Å². The summed E-state index contributed by atoms with van der Waals surface area (Å²) in [6.45, 7) is 20.5. The minimum atomic E-state index is -0.457. The van der Waals surface area contributed by atoms with Crippen LogP contribution in [0.15, 0.2) is 24.2 Å². The molecule has 0 radical (unpaired) electrons. The maximum atomic E-state index is 11.9. The predicted octanol–water partition coefficient (Wildman–Crippen LogP) is 5.91. The molecule has 1 atom stereocenters. The Morgan fingerprint density at radius 1 is 1.18 bits per heavy atom. The first-order valence-corrected chi connectivity index (χ1v) is 10.7. The molecule has 5 heteroatoms. The summed E-state index contributed by atoms with van der Waals surface area (Å²) in [6, 6.07) is 0. The van der Waals surface area contributed by atoms with Gasteiger partial charge in [0.1, 0.15) is 0 Å². The summed E-state index contributed by atoms with van der Waals surface area (Å²) in [4.78, 5) is 11.9. The Morgan fingerprint density at radius 3 is 2.21 bits per heavy atom. The maximum Gasteiger partial charge on any atom is 0.490 e. The van der Waals surface area contributed by atoms with Crippen LogP contribution in [0.4, 0.5) is 0 Å². The predicted molar refractivity (Wildman–Crippen MR) is 117 cm³/mol. The van der Waals surface area contributed by atoms with Gasteiger partial charge >= 0.3 is 13.1 Å². The number of allylic oxidation sites excluding steroid dienone is 3. The second kappa shape index (κ2) is 10.1. The number of hydrogen-bond donors (Lipinski definition) is 0. The largest absolute Gasteiger partial charge is 0.490 e. The normalized spacial score (nSPS) is 20.1. The van der Waals surface area contributed by atoms with Gasteiger partial charge in [-0.1, -0.05) is 25.5 Å². The fraction of sp³-hybridized carbons (Fsp3) is 0.783. The Hall–Kier alpha value is -1.07. The topological polar surface area (TPSA) is 44.8 Å². The van der Waals surface area contributed by atoms with Crippen LogP contribution in [-0.4, -0.2) is 30.9 Å². The van der Waals surface area contributed by atoms with Crippen LogP contribution in [0.25, 0.3) is 0 Å². The summed E-state index contributed by atoms with van der Waals surface area (Å²) in [5.41, 5.74) is 0.00108. The van der Waals surface area contributed by atoms with Crippen molar-refractivity contribution < 1.29 is 18.8 Å². The summed E-state index contributed by atoms with van der Waals surface area (Å²) in [6.07, 6.45) is 8.96. The maximum absolute atomic E-state index is 11.9. The number of unbranched alkanes of at least 4 members (excludes halogenated alkanes) is 1. The van der Waals surface area contributed by atoms with Crippen molar-refractivity contribution in [2.24, 2.45) is 11.3 Å². The highest BCUT2D eigenvalue weighted by atomic mass is 16.7. The smallest absolute Gasteiger partial charge is 0.465 e. The molecule has 1 heterocycles. The average molecular weight is 392 g/mol. The molecule has 0 aliphatic carbocycles. The number of rotatable bonds is 10. The number of hydrogen-bond acceptors (Lipinski definition) is 4. The van der Waals surface area contributed by atoms with Gasteiger partial charge in [-0.3, -0.25) is 4.79 Å². The Labute approximate surface area is 173 Å². The molecule has 4 nitrogen and oxygen atoms in total. The van der Waals surface area contributed by atoms with E-state index in [0.29, 0.717) is 12.5 Å². The molecular formula is C23H41BO4. The average Bonchev–Trinajstić information content (AvgIpc) is 2.79. The van der Waals surface area contributed by atoms with Gasteiger partial charge in [-0.05, 0) is 85.5 Å². The van der Waals surface area contributed by atoms with E-state index in [-0.39, 0.29) is 24.3 Å². The third kappa shape index (κ3) is 7.07. The molecule has 0 aromatic rings. The molecule has 0 N–H and O–H groups in total. The van der Waals surface area contributed by atoms with Gasteiger partial charge in [0.25, 0.3) is 0 Å². The van der Waals surface area contributed by atoms with Crippen LogP contribution >= 0.6 is 0 Å². The van der Waals surface area contributed by atoms with Crippen molar-refractivity contribution in [1.82, 2.24) is 0 Å². The second-order valence-corrected chi connectivity index (χ2v) is 9.88. The van der Waals surface area contributed by atoms with Gasteiger partial charge in [-0.15, -0.1) is 6.58 Å². The highest BCUT2D eigenvalue weighted by molar-refractivity contribution is 6.54. The van der Waals surface area contributed by atoms with E-state index in [1.54, 1.807) is 0 Å². The molecule has 0 bridgehead atoms. The molecule has 0 saturated carbocycles. The monoisotopic (exact) mass is 392 g/mol. The third-order valence-corrected chi connectivity index (χ3v) is 5.65. The van der Waals surface area contributed by atoms with Crippen LogP contribution in [0.2, 0.25) is 0 Å². The Bertz CT molecular complexity index is 541. The molecule has 0 aromatic carbocycles. The van der Waals surface area contributed by atoms with Crippen molar-refractivity contribution >= 4 is 13.1 Å². The van der Waals surface area contributed by atoms with E-state index in [1.807, 2.05) is 26.8 Å². The van der Waals surface area contributed by atoms with E-state index in [0.717, 1.165) is 32.1 Å². The van der Waals surface area contributed by atoms with Gasteiger partial charge in [-0.25, -0.2) is 0 Å². The van der Waals surface area contributed by atoms with E-state index in [2.05, 4.69) is 47.3 Å². The standard InChI is InChI=1S/C23H41BO4/c1-10-14-18(11-2)17-19(24-27-22(6,7)23(8,9)28-24)15-12-13-16-26-20(25)21(3,4)5/h11,15,18H,2,10,12-14,16-17H2,1,3-9H3/b19-15+. The highest BCUT2D eigenvalue weighted by Crippen LogP contribution is 2.40. The highest BCUT2D eigenvalue weighted by Gasteiger charge is 2.52. The Morgan fingerprint density at radius 2 is 1.75 bits per heavy atom. The van der Waals surface area contributed by atoms with Crippen LogP contribution in [0.3, 0.4) is 0 Å². The zero-order valence-corrected chi connectivity index (χ0v) is 19.4. The number of carbonyl (C=O) groups is 1. The lowest BCUT2D eigenvalue weighted by Crippen LogP contribution is -2.41. The van der Waals surface area contributed by atoms with E-state index in [1.165, 1.54) is 5.47 Å². The van der Waals surface area contributed by atoms with E-state index in [4.69, 9.17) is 14.0 Å². The third-order valence-electron chi connectivity index (χ3n) is 5.65. The molecule has 0 spiro atoms. The summed E-state index contributed by atoms with van der Waals surface area (Å²) >= 11 is 0. The van der Waals surface area contributed by atoms with Gasteiger partial charge in [0.15, 0.2) is 0 Å². The molecule has 0 aromatic heterocycles.